The number of amides is 1. The molecule has 2 aliphatic heterocycles. The Morgan fingerprint density at radius 1 is 1.00 bits per heavy atom. The Kier molecular flexibility index (Phi) is 7.31. The number of sulfonamides is 1. The zero-order chi connectivity index (χ0) is 23.4. The van der Waals surface area contributed by atoms with Crippen LogP contribution in [0.15, 0.2) is 41.3 Å². The maximum atomic E-state index is 13.0. The molecule has 10 heteroatoms. The number of piperidine rings is 1. The summed E-state index contributed by atoms with van der Waals surface area (Å²) in [7, 11) is -3.64. The van der Waals surface area contributed by atoms with Crippen LogP contribution in [0.1, 0.15) is 32.6 Å². The van der Waals surface area contributed by atoms with Crippen molar-refractivity contribution in [1.29, 1.82) is 0 Å². The van der Waals surface area contributed by atoms with E-state index in [0.29, 0.717) is 43.5 Å². The highest BCUT2D eigenvalue weighted by molar-refractivity contribution is 7.89. The Hall–Kier alpha value is -2.49. The van der Waals surface area contributed by atoms with Crippen LogP contribution in [0.3, 0.4) is 0 Å². The van der Waals surface area contributed by atoms with Crippen molar-refractivity contribution in [2.45, 2.75) is 43.5 Å². The van der Waals surface area contributed by atoms with Gasteiger partial charge in [-0.05, 0) is 50.1 Å². The zero-order valence-corrected chi connectivity index (χ0v) is 20.0. The topological polar surface area (TPSA) is 97.0 Å². The predicted octanol–water partition coefficient (Wildman–Crippen LogP) is 4.12. The largest absolute Gasteiger partial charge is 0.490 e. The van der Waals surface area contributed by atoms with Gasteiger partial charge in [0.05, 0.1) is 28.8 Å². The number of hydrogen-bond donors (Lipinski definition) is 2. The van der Waals surface area contributed by atoms with Gasteiger partial charge in [0.1, 0.15) is 6.04 Å². The van der Waals surface area contributed by atoms with Crippen molar-refractivity contribution in [3.05, 3.63) is 41.4 Å². The van der Waals surface area contributed by atoms with Crippen molar-refractivity contribution in [2.75, 3.05) is 36.9 Å². The van der Waals surface area contributed by atoms with Crippen molar-refractivity contribution in [1.82, 2.24) is 4.31 Å². The maximum Gasteiger partial charge on any atom is 0.246 e. The van der Waals surface area contributed by atoms with E-state index in [9.17, 15) is 13.2 Å². The van der Waals surface area contributed by atoms with Crippen LogP contribution >= 0.6 is 11.6 Å². The smallest absolute Gasteiger partial charge is 0.246 e. The second-order valence-electron chi connectivity index (χ2n) is 8.17. The number of carbonyl (C=O) groups excluding carboxylic acids is 1. The van der Waals surface area contributed by atoms with Gasteiger partial charge in [0.25, 0.3) is 0 Å². The molecule has 8 nitrogen and oxygen atoms in total. The molecule has 33 heavy (non-hydrogen) atoms. The lowest BCUT2D eigenvalue weighted by Gasteiger charge is -2.26. The Morgan fingerprint density at radius 3 is 2.48 bits per heavy atom. The number of ether oxygens (including phenoxy) is 2. The molecule has 0 aromatic heterocycles. The normalized spacial score (nSPS) is 17.6. The van der Waals surface area contributed by atoms with Gasteiger partial charge >= 0.3 is 0 Å². The number of nitrogens with one attached hydrogen (secondary N) is 2. The fourth-order valence-electron chi connectivity index (χ4n) is 3.82. The molecule has 2 aromatic carbocycles. The first-order chi connectivity index (χ1) is 15.8. The lowest BCUT2D eigenvalue weighted by molar-refractivity contribution is -0.116. The number of benzene rings is 2. The first kappa shape index (κ1) is 23.7. The molecule has 1 atom stereocenters. The van der Waals surface area contributed by atoms with Crippen LogP contribution in [0.2, 0.25) is 5.02 Å². The molecule has 2 aliphatic rings. The van der Waals surface area contributed by atoms with E-state index in [-0.39, 0.29) is 21.5 Å². The molecule has 0 saturated carbocycles. The Balaban J connectivity index is 1.45. The molecule has 178 valence electrons. The van der Waals surface area contributed by atoms with Gasteiger partial charge in [-0.15, -0.1) is 0 Å². The summed E-state index contributed by atoms with van der Waals surface area (Å²) < 4.78 is 38.8. The molecule has 4 rings (SSSR count). The lowest BCUT2D eigenvalue weighted by Crippen LogP contribution is -2.35. The molecular formula is C23H28ClN3O5S. The van der Waals surface area contributed by atoms with E-state index < -0.39 is 16.1 Å². The number of rotatable bonds is 6. The molecule has 1 saturated heterocycles. The van der Waals surface area contributed by atoms with Crippen LogP contribution in [-0.4, -0.2) is 51.0 Å². The van der Waals surface area contributed by atoms with E-state index >= 15 is 0 Å². The number of anilines is 2. The molecule has 0 radical (unpaired) electrons. The van der Waals surface area contributed by atoms with Gasteiger partial charge in [-0.1, -0.05) is 18.0 Å². The van der Waals surface area contributed by atoms with E-state index in [2.05, 4.69) is 10.6 Å². The summed E-state index contributed by atoms with van der Waals surface area (Å²) in [6.07, 6.45) is 3.53. The molecule has 2 aromatic rings. The highest BCUT2D eigenvalue weighted by Crippen LogP contribution is 2.33. The van der Waals surface area contributed by atoms with E-state index in [4.69, 9.17) is 21.1 Å². The minimum absolute atomic E-state index is 0.118. The molecule has 1 fully saturated rings. The molecule has 0 spiro atoms. The average Bonchev–Trinajstić information content (AvgIpc) is 3.06. The minimum Gasteiger partial charge on any atom is -0.490 e. The number of halogens is 1. The summed E-state index contributed by atoms with van der Waals surface area (Å²) in [5.41, 5.74) is 0.960. The number of carbonyl (C=O) groups is 1. The lowest BCUT2D eigenvalue weighted by atomic mass is 10.2. The molecule has 0 bridgehead atoms. The molecular weight excluding hydrogens is 466 g/mol. The van der Waals surface area contributed by atoms with Crippen molar-refractivity contribution in [2.24, 2.45) is 0 Å². The van der Waals surface area contributed by atoms with Gasteiger partial charge in [0.15, 0.2) is 11.5 Å². The monoisotopic (exact) mass is 493 g/mol. The van der Waals surface area contributed by atoms with Gasteiger partial charge in [-0.3, -0.25) is 4.79 Å². The van der Waals surface area contributed by atoms with E-state index in [1.165, 1.54) is 22.5 Å². The van der Waals surface area contributed by atoms with Crippen molar-refractivity contribution in [3.8, 4) is 11.5 Å². The average molecular weight is 494 g/mol. The standard InChI is InChI=1S/C23H28ClN3O5S/c1-16(25-17-6-9-21-22(14-17)32-13-5-12-31-21)23(28)26-20-15-18(7-8-19(20)24)33(29,30)27-10-3-2-4-11-27/h6-9,14-16,25H,2-5,10-13H2,1H3,(H,26,28)/t16-/m0/s1. The second-order valence-corrected chi connectivity index (χ2v) is 10.5. The summed E-state index contributed by atoms with van der Waals surface area (Å²) in [4.78, 5) is 12.9. The fourth-order valence-corrected chi connectivity index (χ4v) is 5.53. The Labute approximate surface area is 199 Å². The first-order valence-electron chi connectivity index (χ1n) is 11.1. The van der Waals surface area contributed by atoms with Gasteiger partial charge in [0.2, 0.25) is 15.9 Å². The van der Waals surface area contributed by atoms with Crippen molar-refractivity contribution >= 4 is 38.9 Å². The fraction of sp³-hybridized carbons (Fsp3) is 0.435. The summed E-state index contributed by atoms with van der Waals surface area (Å²) in [5.74, 6) is 0.953. The van der Waals surface area contributed by atoms with Gasteiger partial charge in [0, 0.05) is 31.3 Å². The SMILES string of the molecule is C[C@H](Nc1ccc2c(c1)OCCCO2)C(=O)Nc1cc(S(=O)(=O)N2CCCCC2)ccc1Cl. The Morgan fingerprint density at radius 2 is 1.73 bits per heavy atom. The van der Waals surface area contributed by atoms with Gasteiger partial charge in [-0.25, -0.2) is 8.42 Å². The molecule has 1 amide bonds. The summed E-state index contributed by atoms with van der Waals surface area (Å²) in [6.45, 7) is 3.89. The quantitative estimate of drug-likeness (QED) is 0.628. The third-order valence-electron chi connectivity index (χ3n) is 5.67. The number of fused-ring (bicyclic) bond motifs is 1. The van der Waals surface area contributed by atoms with Crippen LogP contribution in [-0.2, 0) is 14.8 Å². The van der Waals surface area contributed by atoms with Crippen LogP contribution in [0.25, 0.3) is 0 Å². The van der Waals surface area contributed by atoms with E-state index in [1.54, 1.807) is 19.1 Å². The summed E-state index contributed by atoms with van der Waals surface area (Å²) in [6, 6.07) is 9.19. The minimum atomic E-state index is -3.64. The third-order valence-corrected chi connectivity index (χ3v) is 7.90. The third kappa shape index (κ3) is 5.54. The summed E-state index contributed by atoms with van der Waals surface area (Å²) >= 11 is 6.26. The van der Waals surface area contributed by atoms with Crippen LogP contribution < -0.4 is 20.1 Å². The van der Waals surface area contributed by atoms with Gasteiger partial charge < -0.3 is 20.1 Å². The van der Waals surface area contributed by atoms with Crippen LogP contribution in [0.4, 0.5) is 11.4 Å². The summed E-state index contributed by atoms with van der Waals surface area (Å²) in [5, 5.41) is 6.14. The second kappa shape index (κ2) is 10.2. The van der Waals surface area contributed by atoms with Crippen LogP contribution in [0.5, 0.6) is 11.5 Å². The number of hydrogen-bond acceptors (Lipinski definition) is 6. The maximum absolute atomic E-state index is 13.0. The zero-order valence-electron chi connectivity index (χ0n) is 18.5. The van der Waals surface area contributed by atoms with Crippen LogP contribution in [0, 0.1) is 0 Å². The highest BCUT2D eigenvalue weighted by atomic mass is 35.5. The predicted molar refractivity (Wildman–Crippen MR) is 128 cm³/mol. The number of nitrogens with zero attached hydrogens (tertiary/aromatic N) is 1. The highest BCUT2D eigenvalue weighted by Gasteiger charge is 2.27. The first-order valence-corrected chi connectivity index (χ1v) is 12.9. The van der Waals surface area contributed by atoms with Crippen molar-refractivity contribution in [3.63, 3.8) is 0 Å². The molecule has 0 aliphatic carbocycles. The van der Waals surface area contributed by atoms with Gasteiger partial charge in [-0.2, -0.15) is 4.31 Å². The Bertz CT molecular complexity index is 1120. The molecule has 2 heterocycles. The molecule has 2 N–H and O–H groups in total. The van der Waals surface area contributed by atoms with Crippen molar-refractivity contribution < 1.29 is 22.7 Å². The molecule has 0 unspecified atom stereocenters. The van der Waals surface area contributed by atoms with E-state index in [0.717, 1.165) is 25.7 Å². The van der Waals surface area contributed by atoms with E-state index in [1.807, 2.05) is 6.07 Å².